The van der Waals surface area contributed by atoms with Gasteiger partial charge in [-0.2, -0.15) is 0 Å². The second-order valence-electron chi connectivity index (χ2n) is 8.10. The standard InChI is InChI=1S/C26H28FN3O/c27-23-11-9-21(10-12-23)25(24-8-4-5-16-28-24)29-26(31)22-14-18-30(19-15-22)17-13-20-6-2-1-3-7-20/h1-12,16,22,25H,13-15,17-19H2,(H,29,31). The number of benzene rings is 2. The maximum absolute atomic E-state index is 13.4. The zero-order chi connectivity index (χ0) is 21.5. The van der Waals surface area contributed by atoms with Gasteiger partial charge < -0.3 is 10.2 Å². The van der Waals surface area contributed by atoms with Crippen molar-refractivity contribution < 1.29 is 9.18 Å². The lowest BCUT2D eigenvalue weighted by Gasteiger charge is -2.32. The molecule has 4 rings (SSSR count). The van der Waals surface area contributed by atoms with Gasteiger partial charge in [0.05, 0.1) is 11.7 Å². The maximum atomic E-state index is 13.4. The molecular weight excluding hydrogens is 389 g/mol. The highest BCUT2D eigenvalue weighted by atomic mass is 19.1. The Morgan fingerprint density at radius 2 is 1.71 bits per heavy atom. The van der Waals surface area contributed by atoms with Crippen molar-refractivity contribution in [2.45, 2.75) is 25.3 Å². The Morgan fingerprint density at radius 3 is 2.39 bits per heavy atom. The van der Waals surface area contributed by atoms with Crippen molar-refractivity contribution in [1.29, 1.82) is 0 Å². The SMILES string of the molecule is O=C(NC(c1ccc(F)cc1)c1ccccn1)C1CCN(CCc2ccccc2)CC1. The Balaban J connectivity index is 1.35. The molecule has 1 aromatic heterocycles. The molecule has 1 amide bonds. The third-order valence-electron chi connectivity index (χ3n) is 5.99. The van der Waals surface area contributed by atoms with Gasteiger partial charge in [-0.15, -0.1) is 0 Å². The van der Waals surface area contributed by atoms with Gasteiger partial charge in [0.15, 0.2) is 0 Å². The van der Waals surface area contributed by atoms with Gasteiger partial charge in [0, 0.05) is 18.7 Å². The summed E-state index contributed by atoms with van der Waals surface area (Å²) in [5.41, 5.74) is 2.93. The predicted molar refractivity (Wildman–Crippen MR) is 120 cm³/mol. The van der Waals surface area contributed by atoms with Crippen molar-refractivity contribution in [3.05, 3.63) is 102 Å². The quantitative estimate of drug-likeness (QED) is 0.621. The molecule has 1 unspecified atom stereocenters. The van der Waals surface area contributed by atoms with E-state index in [2.05, 4.69) is 39.5 Å². The molecule has 31 heavy (non-hydrogen) atoms. The Bertz CT molecular complexity index is 955. The summed E-state index contributed by atoms with van der Waals surface area (Å²) >= 11 is 0. The summed E-state index contributed by atoms with van der Waals surface area (Å²) in [7, 11) is 0. The maximum Gasteiger partial charge on any atom is 0.224 e. The van der Waals surface area contributed by atoms with Crippen LogP contribution in [0.15, 0.2) is 79.0 Å². The molecule has 2 heterocycles. The van der Waals surface area contributed by atoms with E-state index in [0.29, 0.717) is 0 Å². The van der Waals surface area contributed by atoms with Gasteiger partial charge in [-0.1, -0.05) is 48.5 Å². The van der Waals surface area contributed by atoms with E-state index in [0.717, 1.165) is 50.2 Å². The highest BCUT2D eigenvalue weighted by Crippen LogP contribution is 2.24. The minimum Gasteiger partial charge on any atom is -0.343 e. The second kappa shape index (κ2) is 10.3. The van der Waals surface area contributed by atoms with Crippen molar-refractivity contribution in [2.24, 2.45) is 5.92 Å². The first kappa shape index (κ1) is 21.2. The number of hydrogen-bond acceptors (Lipinski definition) is 3. The number of piperidine rings is 1. The third-order valence-corrected chi connectivity index (χ3v) is 5.99. The van der Waals surface area contributed by atoms with Gasteiger partial charge in [-0.25, -0.2) is 4.39 Å². The number of carbonyl (C=O) groups is 1. The van der Waals surface area contributed by atoms with E-state index in [9.17, 15) is 9.18 Å². The van der Waals surface area contributed by atoms with Crippen molar-refractivity contribution in [2.75, 3.05) is 19.6 Å². The summed E-state index contributed by atoms with van der Waals surface area (Å²) in [5, 5.41) is 3.17. The van der Waals surface area contributed by atoms with Gasteiger partial charge >= 0.3 is 0 Å². The van der Waals surface area contributed by atoms with Gasteiger partial charge in [-0.05, 0) is 67.7 Å². The lowest BCUT2D eigenvalue weighted by molar-refractivity contribution is -0.127. The van der Waals surface area contributed by atoms with Crippen LogP contribution in [-0.4, -0.2) is 35.4 Å². The van der Waals surface area contributed by atoms with Crippen LogP contribution in [0.1, 0.15) is 35.7 Å². The molecule has 0 spiro atoms. The normalized spacial score (nSPS) is 16.0. The van der Waals surface area contributed by atoms with Gasteiger partial charge in [0.1, 0.15) is 5.82 Å². The van der Waals surface area contributed by atoms with Crippen LogP contribution in [0.3, 0.4) is 0 Å². The molecule has 4 nitrogen and oxygen atoms in total. The summed E-state index contributed by atoms with van der Waals surface area (Å²) in [5.74, 6) is -0.264. The van der Waals surface area contributed by atoms with Crippen molar-refractivity contribution >= 4 is 5.91 Å². The average molecular weight is 418 g/mol. The molecule has 0 radical (unpaired) electrons. The van der Waals surface area contributed by atoms with Crippen LogP contribution < -0.4 is 5.32 Å². The van der Waals surface area contributed by atoms with Crippen LogP contribution in [0.2, 0.25) is 0 Å². The molecule has 1 N–H and O–H groups in total. The van der Waals surface area contributed by atoms with Crippen molar-refractivity contribution in [3.8, 4) is 0 Å². The first-order chi connectivity index (χ1) is 15.2. The Hall–Kier alpha value is -3.05. The number of aromatic nitrogens is 1. The molecule has 2 aromatic carbocycles. The molecule has 1 aliphatic rings. The first-order valence-electron chi connectivity index (χ1n) is 10.9. The lowest BCUT2D eigenvalue weighted by atomic mass is 9.94. The molecule has 1 atom stereocenters. The monoisotopic (exact) mass is 417 g/mol. The number of likely N-dealkylation sites (tertiary alicyclic amines) is 1. The molecule has 0 aliphatic carbocycles. The van der Waals surface area contributed by atoms with Crippen LogP contribution in [0, 0.1) is 11.7 Å². The Labute approximate surface area is 183 Å². The number of nitrogens with one attached hydrogen (secondary N) is 1. The smallest absolute Gasteiger partial charge is 0.224 e. The van der Waals surface area contributed by atoms with Crippen LogP contribution in [0.5, 0.6) is 0 Å². The minimum atomic E-state index is -0.384. The number of halogens is 1. The van der Waals surface area contributed by atoms with E-state index >= 15 is 0 Å². The van der Waals surface area contributed by atoms with E-state index in [4.69, 9.17) is 0 Å². The van der Waals surface area contributed by atoms with Gasteiger partial charge in [0.2, 0.25) is 5.91 Å². The number of rotatable bonds is 7. The van der Waals surface area contributed by atoms with E-state index in [-0.39, 0.29) is 23.7 Å². The highest BCUT2D eigenvalue weighted by molar-refractivity contribution is 5.79. The highest BCUT2D eigenvalue weighted by Gasteiger charge is 2.27. The summed E-state index contributed by atoms with van der Waals surface area (Å²) in [4.78, 5) is 19.9. The number of amides is 1. The molecular formula is C26H28FN3O. The number of hydrogen-bond donors (Lipinski definition) is 1. The second-order valence-corrected chi connectivity index (χ2v) is 8.10. The zero-order valence-electron chi connectivity index (χ0n) is 17.6. The third kappa shape index (κ3) is 5.76. The molecule has 160 valence electrons. The number of nitrogens with zero attached hydrogens (tertiary/aromatic N) is 2. The molecule has 1 saturated heterocycles. The zero-order valence-corrected chi connectivity index (χ0v) is 17.6. The molecule has 1 fully saturated rings. The molecule has 0 bridgehead atoms. The summed E-state index contributed by atoms with van der Waals surface area (Å²) in [6, 6.07) is 22.0. The van der Waals surface area contributed by atoms with Crippen LogP contribution >= 0.6 is 0 Å². The first-order valence-corrected chi connectivity index (χ1v) is 10.9. The Morgan fingerprint density at radius 1 is 1.00 bits per heavy atom. The number of pyridine rings is 1. The molecule has 0 saturated carbocycles. The van der Waals surface area contributed by atoms with Crippen molar-refractivity contribution in [1.82, 2.24) is 15.2 Å². The summed E-state index contributed by atoms with van der Waals surface area (Å²) in [6.07, 6.45) is 4.44. The lowest BCUT2D eigenvalue weighted by Crippen LogP contribution is -2.42. The summed E-state index contributed by atoms with van der Waals surface area (Å²) in [6.45, 7) is 2.87. The van der Waals surface area contributed by atoms with Crippen LogP contribution in [0.25, 0.3) is 0 Å². The van der Waals surface area contributed by atoms with Gasteiger partial charge in [0.25, 0.3) is 0 Å². The van der Waals surface area contributed by atoms with Gasteiger partial charge in [-0.3, -0.25) is 9.78 Å². The average Bonchev–Trinajstić information content (AvgIpc) is 2.83. The fraction of sp³-hybridized carbons (Fsp3) is 0.308. The molecule has 3 aromatic rings. The van der Waals surface area contributed by atoms with E-state index < -0.39 is 0 Å². The number of carbonyl (C=O) groups excluding carboxylic acids is 1. The molecule has 1 aliphatic heterocycles. The largest absolute Gasteiger partial charge is 0.343 e. The minimum absolute atomic E-state index is 0.0142. The fourth-order valence-corrected chi connectivity index (χ4v) is 4.14. The molecule has 5 heteroatoms. The van der Waals surface area contributed by atoms with E-state index in [1.54, 1.807) is 18.3 Å². The Kier molecular flexibility index (Phi) is 7.05. The van der Waals surface area contributed by atoms with Crippen LogP contribution in [-0.2, 0) is 11.2 Å². The summed E-state index contributed by atoms with van der Waals surface area (Å²) < 4.78 is 13.4. The van der Waals surface area contributed by atoms with Crippen LogP contribution in [0.4, 0.5) is 4.39 Å². The van der Waals surface area contributed by atoms with E-state index in [1.165, 1.54) is 17.7 Å². The van der Waals surface area contributed by atoms with Crippen molar-refractivity contribution in [3.63, 3.8) is 0 Å². The predicted octanol–water partition coefficient (Wildman–Crippen LogP) is 4.38. The fourth-order valence-electron chi connectivity index (χ4n) is 4.14. The van der Waals surface area contributed by atoms with E-state index in [1.807, 2.05) is 24.3 Å². The topological polar surface area (TPSA) is 45.2 Å².